The zero-order chi connectivity index (χ0) is 65.4. The van der Waals surface area contributed by atoms with Crippen LogP contribution in [0.3, 0.4) is 0 Å². The Morgan fingerprint density at radius 1 is 0.489 bits per heavy atom. The van der Waals surface area contributed by atoms with E-state index in [4.69, 9.17) is 47.5 Å². The molecule has 0 bridgehead atoms. The number of nitrogens with zero attached hydrogens (tertiary/aromatic N) is 5. The number of nitrogens with two attached hydrogens (primary N) is 5. The van der Waals surface area contributed by atoms with Crippen molar-refractivity contribution in [2.24, 2.45) is 40.7 Å². The molecule has 3 aromatic heterocycles. The summed E-state index contributed by atoms with van der Waals surface area (Å²) in [6.07, 6.45) is 8.01. The molecule has 0 saturated heterocycles. The van der Waals surface area contributed by atoms with Crippen LogP contribution in [0, 0.1) is 57.9 Å². The predicted octanol–water partition coefficient (Wildman–Crippen LogP) is 12.0. The minimum Gasteiger partial charge on any atom is -0.371 e. The first-order valence-electron chi connectivity index (χ1n) is 29.1. The molecule has 3 saturated carbocycles. The predicted molar refractivity (Wildman–Crippen MR) is 343 cm³/mol. The van der Waals surface area contributed by atoms with Crippen LogP contribution in [0.5, 0.6) is 0 Å². The third-order valence-electron chi connectivity index (χ3n) is 14.9. The lowest BCUT2D eigenvalue weighted by molar-refractivity contribution is -0.119. The van der Waals surface area contributed by atoms with Gasteiger partial charge in [0.05, 0.1) is 45.1 Å². The van der Waals surface area contributed by atoms with E-state index in [1.807, 2.05) is 103 Å². The second-order valence-electron chi connectivity index (χ2n) is 22.1. The van der Waals surface area contributed by atoms with Crippen LogP contribution >= 0.6 is 15.9 Å². The molecule has 472 valence electrons. The molecule has 6 aromatic carbocycles. The first-order valence-corrected chi connectivity index (χ1v) is 29.9. The summed E-state index contributed by atoms with van der Waals surface area (Å²) in [6.45, 7) is 0. The molecule has 9 aromatic rings. The standard InChI is InChI=1S/C22H22FN5O3.C22H20FN5O2.C13H13BrFN3O.C9H8N2O/c23-15-9-14(21(24)29)17(10-18(15)26-19(22(25)30)8-12-6-7-12)27-20-11-16(28-31-20)13-4-2-1-3-5-13;23-16-9-15(12-24)17(10-19(16)26-20(22(25)29)8-13-6-7-13)27-21-11-18(28-30-21)14-4-2-1-3-5-14;14-9-5-11(10(15)4-8(9)6-16)18-12(13(17)19)3-7-1-2-7;10-9-6-8(11-12-9)7-4-2-1-3-5-7/h1-5,9-12,19,26-27H,6-8H2,(H2,24,29)(H2,25,30);1-5,9-11,13,20,26-27H,6-8H2,(H2,25,29);4-5,7,12,18H,1-3H2,(H2,17,19);1-6H,10H2/t19-;20-;12-;/m111./s1. The second kappa shape index (κ2) is 30.4. The van der Waals surface area contributed by atoms with Gasteiger partial charge in [-0.25, -0.2) is 13.2 Å². The molecule has 3 fully saturated rings. The Morgan fingerprint density at radius 2 is 0.848 bits per heavy atom. The van der Waals surface area contributed by atoms with Crippen LogP contribution in [0.25, 0.3) is 33.8 Å². The van der Waals surface area contributed by atoms with Crippen molar-refractivity contribution in [3.05, 3.63) is 184 Å². The van der Waals surface area contributed by atoms with Gasteiger partial charge < -0.3 is 68.8 Å². The molecule has 0 unspecified atom stereocenters. The van der Waals surface area contributed by atoms with Gasteiger partial charge in [0, 0.05) is 39.4 Å². The number of amides is 4. The summed E-state index contributed by atoms with van der Waals surface area (Å²) in [5.41, 5.74) is 32.8. The maximum Gasteiger partial charge on any atom is 0.250 e. The fourth-order valence-electron chi connectivity index (χ4n) is 9.43. The molecule has 15 N–H and O–H groups in total. The molecule has 12 rings (SSSR count). The number of nitrogen functional groups attached to an aromatic ring is 1. The van der Waals surface area contributed by atoms with Crippen LogP contribution in [-0.4, -0.2) is 57.2 Å². The van der Waals surface area contributed by atoms with Crippen LogP contribution in [-0.2, 0) is 14.4 Å². The Balaban J connectivity index is 0.000000153. The van der Waals surface area contributed by atoms with Gasteiger partial charge in [-0.2, -0.15) is 10.5 Å². The van der Waals surface area contributed by atoms with Gasteiger partial charge in [-0.1, -0.05) is 145 Å². The van der Waals surface area contributed by atoms with E-state index in [1.54, 1.807) is 18.2 Å². The lowest BCUT2D eigenvalue weighted by atomic mass is 10.1. The minimum atomic E-state index is -0.819. The van der Waals surface area contributed by atoms with Crippen molar-refractivity contribution in [3.63, 3.8) is 0 Å². The minimum absolute atomic E-state index is 0.0275. The fourth-order valence-corrected chi connectivity index (χ4v) is 9.87. The number of halogens is 4. The zero-order valence-electron chi connectivity index (χ0n) is 49.2. The Labute approximate surface area is 534 Å². The highest BCUT2D eigenvalue weighted by molar-refractivity contribution is 9.10. The normalized spacial score (nSPS) is 13.8. The summed E-state index contributed by atoms with van der Waals surface area (Å²) < 4.78 is 58.8. The van der Waals surface area contributed by atoms with Gasteiger partial charge in [0.1, 0.15) is 64.8 Å². The third-order valence-corrected chi connectivity index (χ3v) is 15.5. The summed E-state index contributed by atoms with van der Waals surface area (Å²) in [6, 6.07) is 43.0. The number of hydrogen-bond acceptors (Lipinski definition) is 18. The van der Waals surface area contributed by atoms with Gasteiger partial charge >= 0.3 is 0 Å². The fraction of sp³-hybridized carbons (Fsp3) is 0.227. The summed E-state index contributed by atoms with van der Waals surface area (Å²) in [7, 11) is 0. The molecule has 3 aliphatic rings. The van der Waals surface area contributed by atoms with Crippen molar-refractivity contribution in [1.29, 1.82) is 10.5 Å². The lowest BCUT2D eigenvalue weighted by Crippen LogP contribution is -2.36. The van der Waals surface area contributed by atoms with Crippen molar-refractivity contribution >= 4 is 85.6 Å². The van der Waals surface area contributed by atoms with E-state index in [1.165, 1.54) is 18.2 Å². The lowest BCUT2D eigenvalue weighted by Gasteiger charge is -2.18. The van der Waals surface area contributed by atoms with Crippen LogP contribution in [0.2, 0.25) is 0 Å². The number of primary amides is 4. The van der Waals surface area contributed by atoms with Crippen molar-refractivity contribution in [2.45, 2.75) is 75.9 Å². The van der Waals surface area contributed by atoms with E-state index in [2.05, 4.69) is 58.0 Å². The molecular weight excluding hydrogens is 1250 g/mol. The Kier molecular flexibility index (Phi) is 21.6. The molecule has 0 radical (unpaired) electrons. The molecule has 3 atom stereocenters. The molecule has 0 aliphatic heterocycles. The van der Waals surface area contributed by atoms with Crippen LogP contribution in [0.15, 0.2) is 164 Å². The number of rotatable bonds is 23. The smallest absolute Gasteiger partial charge is 0.250 e. The number of benzene rings is 6. The highest BCUT2D eigenvalue weighted by Crippen LogP contribution is 2.38. The quantitative estimate of drug-likeness (QED) is 0.0284. The SMILES string of the molecule is N#Cc1cc(F)c(N[C@H](CC2CC2)C(N)=O)cc1Br.N#Cc1cc(F)c(N[C@H](CC2CC2)C(N)=O)cc1Nc1cc(-c2ccccc2)no1.NC(=O)c1cc(F)c(N[C@H](CC2CC2)C(N)=O)cc1Nc1cc(-c2ccccc2)no1.Nc1cc(-c2ccccc2)no1. The second-order valence-corrected chi connectivity index (χ2v) is 23.0. The third kappa shape index (κ3) is 18.5. The van der Waals surface area contributed by atoms with E-state index in [-0.39, 0.29) is 45.3 Å². The Bertz CT molecular complexity index is 4150. The van der Waals surface area contributed by atoms with Crippen molar-refractivity contribution in [2.75, 3.05) is 32.3 Å². The van der Waals surface area contributed by atoms with E-state index < -0.39 is 59.2 Å². The number of hydrogen-bond donors (Lipinski definition) is 10. The summed E-state index contributed by atoms with van der Waals surface area (Å²) in [5, 5.41) is 44.4. The van der Waals surface area contributed by atoms with E-state index in [0.29, 0.717) is 70.3 Å². The van der Waals surface area contributed by atoms with Crippen LogP contribution < -0.4 is 55.3 Å². The van der Waals surface area contributed by atoms with Gasteiger partial charge in [0.2, 0.25) is 35.4 Å². The zero-order valence-corrected chi connectivity index (χ0v) is 50.8. The molecule has 0 spiro atoms. The van der Waals surface area contributed by atoms with Gasteiger partial charge in [0.15, 0.2) is 0 Å². The van der Waals surface area contributed by atoms with Gasteiger partial charge in [-0.3, -0.25) is 19.2 Å². The van der Waals surface area contributed by atoms with E-state index in [0.717, 1.165) is 79.1 Å². The number of nitriles is 2. The van der Waals surface area contributed by atoms with Crippen molar-refractivity contribution < 1.29 is 45.9 Å². The number of carbonyl (C=O) groups excluding carboxylic acids is 4. The molecule has 3 heterocycles. The van der Waals surface area contributed by atoms with Crippen molar-refractivity contribution in [1.82, 2.24) is 15.5 Å². The topological polar surface area (TPSA) is 384 Å². The number of anilines is 8. The number of nitrogens with one attached hydrogen (secondary N) is 5. The summed E-state index contributed by atoms with van der Waals surface area (Å²) >= 11 is 3.19. The Hall–Kier alpha value is -11.1. The monoisotopic (exact) mass is 1310 g/mol. The summed E-state index contributed by atoms with van der Waals surface area (Å²) in [4.78, 5) is 46.8. The molecular formula is C66H63BrF3N15O7. The first kappa shape index (κ1) is 65.3. The largest absolute Gasteiger partial charge is 0.371 e. The molecule has 26 heteroatoms. The van der Waals surface area contributed by atoms with Crippen molar-refractivity contribution in [3.8, 4) is 45.9 Å². The van der Waals surface area contributed by atoms with E-state index >= 15 is 0 Å². The number of aromatic nitrogens is 3. The Morgan fingerprint density at radius 3 is 1.22 bits per heavy atom. The first-order chi connectivity index (χ1) is 44.3. The maximum atomic E-state index is 14.6. The summed E-state index contributed by atoms with van der Waals surface area (Å²) in [5.74, 6) is -2.13. The molecule has 3 aliphatic carbocycles. The highest BCUT2D eigenvalue weighted by Gasteiger charge is 2.32. The average molecular weight is 1320 g/mol. The van der Waals surface area contributed by atoms with Gasteiger partial charge in [0.25, 0.3) is 5.91 Å². The molecule has 92 heavy (non-hydrogen) atoms. The van der Waals surface area contributed by atoms with Gasteiger partial charge in [-0.15, -0.1) is 0 Å². The molecule has 4 amide bonds. The maximum absolute atomic E-state index is 14.6. The van der Waals surface area contributed by atoms with E-state index in [9.17, 15) is 37.6 Å². The number of carbonyl (C=O) groups is 4. The average Bonchev–Trinajstić information content (AvgIpc) is 1.29. The van der Waals surface area contributed by atoms with Crippen LogP contribution in [0.4, 0.5) is 59.3 Å². The van der Waals surface area contributed by atoms with Gasteiger partial charge in [-0.05, 0) is 89.3 Å². The molecule has 22 nitrogen and oxygen atoms in total. The highest BCUT2D eigenvalue weighted by atomic mass is 79.9. The van der Waals surface area contributed by atoms with Crippen LogP contribution in [0.1, 0.15) is 79.3 Å².